The van der Waals surface area contributed by atoms with Crippen LogP contribution in [0.2, 0.25) is 0 Å². The summed E-state index contributed by atoms with van der Waals surface area (Å²) in [5, 5.41) is 0. The van der Waals surface area contributed by atoms with Crippen LogP contribution < -0.4 is 14.2 Å². The monoisotopic (exact) mass is 431 g/mol. The highest BCUT2D eigenvalue weighted by atomic mass is 16.5. The molecule has 1 aliphatic rings. The van der Waals surface area contributed by atoms with E-state index >= 15 is 0 Å². The highest BCUT2D eigenvalue weighted by Gasteiger charge is 2.27. The zero-order chi connectivity index (χ0) is 22.4. The standard InChI is InChI=1S/C29H23N2O2/c1-30-24-17-22(20-9-5-3-6-10-20)13-15-26(24)32-28(30)19-29-31(2)25-18-23(14-16-27(25)33-29)21-11-7-4-8-12-21/h3-19H,1-2H3/q+1. The molecular weight excluding hydrogens is 408 g/mol. The van der Waals surface area contributed by atoms with Crippen molar-refractivity contribution in [2.45, 2.75) is 0 Å². The Kier molecular flexibility index (Phi) is 4.51. The van der Waals surface area contributed by atoms with Crippen LogP contribution in [0.3, 0.4) is 0 Å². The quantitative estimate of drug-likeness (QED) is 0.309. The molecule has 33 heavy (non-hydrogen) atoms. The first-order chi connectivity index (χ1) is 16.2. The van der Waals surface area contributed by atoms with Gasteiger partial charge in [-0.05, 0) is 40.5 Å². The smallest absolute Gasteiger partial charge is 0.379 e. The van der Waals surface area contributed by atoms with Crippen LogP contribution in [0.1, 0.15) is 5.89 Å². The average Bonchev–Trinajstić information content (AvgIpc) is 3.35. The van der Waals surface area contributed by atoms with Crippen molar-refractivity contribution in [2.75, 3.05) is 11.9 Å². The summed E-state index contributed by atoms with van der Waals surface area (Å²) in [6.45, 7) is 0. The zero-order valence-electron chi connectivity index (χ0n) is 18.5. The van der Waals surface area contributed by atoms with E-state index < -0.39 is 0 Å². The van der Waals surface area contributed by atoms with E-state index in [1.165, 1.54) is 11.1 Å². The first kappa shape index (κ1) is 19.4. The molecule has 2 heterocycles. The number of oxazole rings is 1. The van der Waals surface area contributed by atoms with Crippen LogP contribution >= 0.6 is 0 Å². The Hall–Kier alpha value is -4.31. The second kappa shape index (κ2) is 7.68. The van der Waals surface area contributed by atoms with Crippen LogP contribution in [0.4, 0.5) is 5.69 Å². The Labute approximate surface area is 192 Å². The van der Waals surface area contributed by atoms with Crippen LogP contribution in [0.5, 0.6) is 5.75 Å². The van der Waals surface area contributed by atoms with Crippen LogP contribution in [-0.4, -0.2) is 7.05 Å². The van der Waals surface area contributed by atoms with Gasteiger partial charge in [-0.15, -0.1) is 0 Å². The average molecular weight is 432 g/mol. The van der Waals surface area contributed by atoms with Crippen molar-refractivity contribution in [3.05, 3.63) is 109 Å². The predicted molar refractivity (Wildman–Crippen MR) is 132 cm³/mol. The van der Waals surface area contributed by atoms with E-state index in [0.717, 1.165) is 45.4 Å². The van der Waals surface area contributed by atoms with Crippen molar-refractivity contribution >= 4 is 22.9 Å². The maximum atomic E-state index is 6.17. The van der Waals surface area contributed by atoms with Crippen molar-refractivity contribution in [1.82, 2.24) is 0 Å². The molecule has 0 fully saturated rings. The third kappa shape index (κ3) is 3.37. The maximum Gasteiger partial charge on any atom is 0.379 e. The first-order valence-electron chi connectivity index (χ1n) is 11.0. The number of hydrogen-bond donors (Lipinski definition) is 0. The van der Waals surface area contributed by atoms with E-state index in [4.69, 9.17) is 9.15 Å². The molecule has 0 N–H and O–H groups in total. The molecule has 1 aromatic heterocycles. The molecule has 0 saturated heterocycles. The third-order valence-electron chi connectivity index (χ3n) is 6.19. The molecule has 4 heteroatoms. The third-order valence-corrected chi connectivity index (χ3v) is 6.19. The topological polar surface area (TPSA) is 29.5 Å². The summed E-state index contributed by atoms with van der Waals surface area (Å²) in [6, 6.07) is 33.3. The summed E-state index contributed by atoms with van der Waals surface area (Å²) in [6.07, 6.45) is 1.95. The second-order valence-electron chi connectivity index (χ2n) is 8.24. The van der Waals surface area contributed by atoms with Gasteiger partial charge in [0.25, 0.3) is 5.52 Å². The minimum absolute atomic E-state index is 0.730. The Morgan fingerprint density at radius 3 is 2.06 bits per heavy atom. The molecule has 160 valence electrons. The van der Waals surface area contributed by atoms with E-state index in [0.29, 0.717) is 0 Å². The van der Waals surface area contributed by atoms with Crippen molar-refractivity contribution in [3.8, 4) is 28.0 Å². The summed E-state index contributed by atoms with van der Waals surface area (Å²) in [5.41, 5.74) is 7.60. The largest absolute Gasteiger partial charge is 0.438 e. The SMILES string of the molecule is CN1/C(=C/c2oc3ccc(-c4ccccc4)cc3[n+]2C)Oc2ccc(-c3ccccc3)cc21. The molecule has 0 bridgehead atoms. The number of anilines is 1. The summed E-state index contributed by atoms with van der Waals surface area (Å²) >= 11 is 0. The Balaban J connectivity index is 1.35. The van der Waals surface area contributed by atoms with Gasteiger partial charge in [0.05, 0.1) is 5.69 Å². The molecule has 5 aromatic rings. The number of ether oxygens (including phenoxy) is 1. The Morgan fingerprint density at radius 2 is 1.36 bits per heavy atom. The minimum atomic E-state index is 0.730. The fourth-order valence-electron chi connectivity index (χ4n) is 4.31. The van der Waals surface area contributed by atoms with Gasteiger partial charge in [0.2, 0.25) is 11.5 Å². The lowest BCUT2D eigenvalue weighted by atomic mass is 10.0. The van der Waals surface area contributed by atoms with Crippen LogP contribution in [0.15, 0.2) is 107 Å². The predicted octanol–water partition coefficient (Wildman–Crippen LogP) is 6.42. The number of aryl methyl sites for hydroxylation is 1. The van der Waals surface area contributed by atoms with Gasteiger partial charge in [0.1, 0.15) is 13.1 Å². The van der Waals surface area contributed by atoms with Gasteiger partial charge in [0, 0.05) is 13.1 Å². The lowest BCUT2D eigenvalue weighted by Crippen LogP contribution is -2.30. The zero-order valence-corrected chi connectivity index (χ0v) is 18.5. The molecule has 0 atom stereocenters. The van der Waals surface area contributed by atoms with Gasteiger partial charge < -0.3 is 14.1 Å². The fourth-order valence-corrected chi connectivity index (χ4v) is 4.31. The van der Waals surface area contributed by atoms with Crippen molar-refractivity contribution in [2.24, 2.45) is 7.05 Å². The van der Waals surface area contributed by atoms with Crippen molar-refractivity contribution in [3.63, 3.8) is 0 Å². The van der Waals surface area contributed by atoms with Gasteiger partial charge in [0.15, 0.2) is 5.75 Å². The van der Waals surface area contributed by atoms with Crippen molar-refractivity contribution < 1.29 is 13.7 Å². The number of hydrogen-bond acceptors (Lipinski definition) is 3. The van der Waals surface area contributed by atoms with E-state index in [1.807, 2.05) is 44.4 Å². The number of nitrogens with zero attached hydrogens (tertiary/aromatic N) is 2. The summed E-state index contributed by atoms with van der Waals surface area (Å²) in [7, 11) is 4.03. The number of rotatable bonds is 3. The minimum Gasteiger partial charge on any atom is -0.438 e. The maximum absolute atomic E-state index is 6.17. The molecule has 0 spiro atoms. The summed E-state index contributed by atoms with van der Waals surface area (Å²) in [5.74, 6) is 2.30. The summed E-state index contributed by atoms with van der Waals surface area (Å²) < 4.78 is 14.4. The van der Waals surface area contributed by atoms with E-state index in [9.17, 15) is 0 Å². The highest BCUT2D eigenvalue weighted by Crippen LogP contribution is 2.41. The van der Waals surface area contributed by atoms with E-state index in [2.05, 4.69) is 82.3 Å². The molecule has 0 aliphatic carbocycles. The second-order valence-corrected chi connectivity index (χ2v) is 8.24. The van der Waals surface area contributed by atoms with E-state index in [-0.39, 0.29) is 0 Å². The molecule has 4 aromatic carbocycles. The number of aromatic nitrogens is 1. The normalized spacial score (nSPS) is 14.0. The number of fused-ring (bicyclic) bond motifs is 2. The van der Waals surface area contributed by atoms with Gasteiger partial charge in [-0.1, -0.05) is 72.8 Å². The molecule has 1 aliphatic heterocycles. The summed E-state index contributed by atoms with van der Waals surface area (Å²) in [4.78, 5) is 2.06. The van der Waals surface area contributed by atoms with Crippen LogP contribution in [0.25, 0.3) is 39.4 Å². The number of benzene rings is 4. The highest BCUT2D eigenvalue weighted by molar-refractivity contribution is 5.80. The van der Waals surface area contributed by atoms with Gasteiger partial charge in [-0.25, -0.2) is 0 Å². The molecule has 6 rings (SSSR count). The molecule has 0 amide bonds. The molecule has 0 saturated carbocycles. The Morgan fingerprint density at radius 1 is 0.727 bits per heavy atom. The Bertz CT molecular complexity index is 1500. The van der Waals surface area contributed by atoms with Crippen molar-refractivity contribution in [1.29, 1.82) is 0 Å². The van der Waals surface area contributed by atoms with Gasteiger partial charge in [-0.3, -0.25) is 0 Å². The van der Waals surface area contributed by atoms with Gasteiger partial charge >= 0.3 is 5.89 Å². The lowest BCUT2D eigenvalue weighted by molar-refractivity contribution is -0.652. The first-order valence-corrected chi connectivity index (χ1v) is 11.0. The molecule has 0 radical (unpaired) electrons. The van der Waals surface area contributed by atoms with Crippen LogP contribution in [0, 0.1) is 0 Å². The van der Waals surface area contributed by atoms with Crippen LogP contribution in [-0.2, 0) is 7.05 Å². The van der Waals surface area contributed by atoms with E-state index in [1.54, 1.807) is 0 Å². The molecular formula is C29H23N2O2+. The van der Waals surface area contributed by atoms with Gasteiger partial charge in [-0.2, -0.15) is 4.57 Å². The molecule has 0 unspecified atom stereocenters. The fraction of sp³-hybridized carbons (Fsp3) is 0.0690. The lowest BCUT2D eigenvalue weighted by Gasteiger charge is -2.11. The molecule has 4 nitrogen and oxygen atoms in total.